The van der Waals surface area contributed by atoms with E-state index in [0.717, 1.165) is 16.9 Å². The van der Waals surface area contributed by atoms with Crippen molar-refractivity contribution in [1.29, 1.82) is 0 Å². The number of carbonyl (C=O) groups excluding carboxylic acids is 1. The molecule has 1 aromatic rings. The molecule has 0 aliphatic heterocycles. The zero-order valence-corrected chi connectivity index (χ0v) is 15.0. The van der Waals surface area contributed by atoms with Gasteiger partial charge in [-0.15, -0.1) is 0 Å². The maximum atomic E-state index is 12.8. The van der Waals surface area contributed by atoms with Gasteiger partial charge in [-0.05, 0) is 57.9 Å². The van der Waals surface area contributed by atoms with Crippen molar-refractivity contribution in [3.63, 3.8) is 0 Å². The summed E-state index contributed by atoms with van der Waals surface area (Å²) in [6.45, 7) is 9.25. The third-order valence-electron chi connectivity index (χ3n) is 3.69. The van der Waals surface area contributed by atoms with Crippen LogP contribution in [0.2, 0.25) is 0 Å². The van der Waals surface area contributed by atoms with E-state index >= 15 is 0 Å². The predicted molar refractivity (Wildman–Crippen MR) is 87.1 cm³/mol. The van der Waals surface area contributed by atoms with E-state index in [-0.39, 0.29) is 19.0 Å². The van der Waals surface area contributed by atoms with Gasteiger partial charge < -0.3 is 13.8 Å². The molecule has 0 radical (unpaired) electrons. The van der Waals surface area contributed by atoms with Gasteiger partial charge in [0.1, 0.15) is 11.4 Å². The number of rotatable bonds is 8. The minimum atomic E-state index is -3.47. The van der Waals surface area contributed by atoms with E-state index in [1.54, 1.807) is 40.0 Å². The van der Waals surface area contributed by atoms with Crippen LogP contribution in [0.1, 0.15) is 42.3 Å². The molecule has 0 saturated carbocycles. The Balaban J connectivity index is 3.19. The summed E-state index contributed by atoms with van der Waals surface area (Å²) in [4.78, 5) is 12.7. The van der Waals surface area contributed by atoms with Crippen molar-refractivity contribution < 1.29 is 23.1 Å². The fourth-order valence-corrected chi connectivity index (χ4v) is 3.94. The summed E-state index contributed by atoms with van der Waals surface area (Å²) < 4.78 is 28.6. The topological polar surface area (TPSA) is 61.8 Å². The van der Waals surface area contributed by atoms with Crippen molar-refractivity contribution in [2.45, 2.75) is 40.3 Å². The zero-order valence-electron chi connectivity index (χ0n) is 14.1. The molecular formula is C16H25O5P. The smallest absolute Gasteiger partial charge is 0.341 e. The lowest BCUT2D eigenvalue weighted by Crippen LogP contribution is -2.21. The van der Waals surface area contributed by atoms with Crippen LogP contribution in [0.5, 0.6) is 5.75 Å². The summed E-state index contributed by atoms with van der Waals surface area (Å²) in [6.07, 6.45) is 0. The maximum Gasteiger partial charge on any atom is 0.341 e. The van der Waals surface area contributed by atoms with Gasteiger partial charge in [0.05, 0.1) is 20.3 Å². The number of hydrogen-bond donors (Lipinski definition) is 0. The molecule has 0 N–H and O–H groups in total. The largest absolute Gasteiger partial charge is 0.496 e. The van der Waals surface area contributed by atoms with Gasteiger partial charge in [0.15, 0.2) is 5.78 Å². The molecule has 0 fully saturated rings. The van der Waals surface area contributed by atoms with Gasteiger partial charge >= 0.3 is 7.60 Å². The Kier molecular flexibility index (Phi) is 6.79. The number of Topliss-reactive ketones (excluding diaryl/α,β-unsaturated/α-hetero) is 1. The van der Waals surface area contributed by atoms with Crippen LogP contribution in [0.4, 0.5) is 0 Å². The lowest BCUT2D eigenvalue weighted by Gasteiger charge is -2.23. The summed E-state index contributed by atoms with van der Waals surface area (Å²) in [5, 5.41) is 0. The quantitative estimate of drug-likeness (QED) is 0.530. The molecule has 5 nitrogen and oxygen atoms in total. The van der Waals surface area contributed by atoms with Crippen molar-refractivity contribution in [2.75, 3.05) is 20.3 Å². The molecule has 1 unspecified atom stereocenters. The molecule has 1 atom stereocenters. The van der Waals surface area contributed by atoms with Crippen LogP contribution in [-0.4, -0.2) is 31.8 Å². The SMILES string of the molecule is CCOP(=O)(OCC)C(C)C(=O)c1ccc(OC)c(C)c1C. The molecule has 0 aliphatic rings. The Bertz CT molecular complexity index is 572. The fourth-order valence-electron chi connectivity index (χ4n) is 2.27. The van der Waals surface area contributed by atoms with E-state index in [4.69, 9.17) is 13.8 Å². The van der Waals surface area contributed by atoms with Crippen molar-refractivity contribution in [3.8, 4) is 5.75 Å². The second-order valence-corrected chi connectivity index (χ2v) is 7.35. The second-order valence-electron chi connectivity index (χ2n) is 4.98. The third kappa shape index (κ3) is 3.78. The van der Waals surface area contributed by atoms with Gasteiger partial charge in [0.25, 0.3) is 0 Å². The van der Waals surface area contributed by atoms with E-state index in [2.05, 4.69) is 0 Å². The molecule has 0 bridgehead atoms. The predicted octanol–water partition coefficient (Wildman–Crippen LogP) is 4.15. The van der Waals surface area contributed by atoms with Crippen LogP contribution >= 0.6 is 7.60 Å². The number of carbonyl (C=O) groups is 1. The van der Waals surface area contributed by atoms with Crippen LogP contribution in [0.15, 0.2) is 12.1 Å². The average molecular weight is 328 g/mol. The Hall–Kier alpha value is -1.16. The summed E-state index contributed by atoms with van der Waals surface area (Å²) in [5.74, 6) is 0.480. The Morgan fingerprint density at radius 1 is 1.14 bits per heavy atom. The summed E-state index contributed by atoms with van der Waals surface area (Å²) in [7, 11) is -1.88. The van der Waals surface area contributed by atoms with Crippen LogP contribution in [0.3, 0.4) is 0 Å². The van der Waals surface area contributed by atoms with E-state index in [1.165, 1.54) is 0 Å². The first-order valence-corrected chi connectivity index (χ1v) is 9.00. The molecule has 6 heteroatoms. The number of ketones is 1. The first-order valence-electron chi connectivity index (χ1n) is 7.39. The van der Waals surface area contributed by atoms with Crippen molar-refractivity contribution >= 4 is 13.4 Å². The number of hydrogen-bond acceptors (Lipinski definition) is 5. The standard InChI is InChI=1S/C16H25O5P/c1-7-20-22(18,21-8-2)13(5)16(17)14-9-10-15(19-6)12(4)11(14)3/h9-10,13H,7-8H2,1-6H3. The molecule has 124 valence electrons. The van der Waals surface area contributed by atoms with E-state index < -0.39 is 13.3 Å². The second kappa shape index (κ2) is 7.91. The van der Waals surface area contributed by atoms with Crippen molar-refractivity contribution in [2.24, 2.45) is 0 Å². The summed E-state index contributed by atoms with van der Waals surface area (Å²) >= 11 is 0. The number of ether oxygens (including phenoxy) is 1. The molecule has 1 rings (SSSR count). The maximum absolute atomic E-state index is 12.8. The molecule has 0 spiro atoms. The summed E-state index contributed by atoms with van der Waals surface area (Å²) in [6, 6.07) is 3.44. The summed E-state index contributed by atoms with van der Waals surface area (Å²) in [5.41, 5.74) is 1.38. The fraction of sp³-hybridized carbons (Fsp3) is 0.562. The van der Waals surface area contributed by atoms with Gasteiger partial charge in [-0.2, -0.15) is 0 Å². The molecule has 0 aromatic heterocycles. The van der Waals surface area contributed by atoms with Crippen LogP contribution in [0.25, 0.3) is 0 Å². The lowest BCUT2D eigenvalue weighted by atomic mass is 9.98. The normalized spacial score (nSPS) is 13.0. The van der Waals surface area contributed by atoms with Gasteiger partial charge in [0, 0.05) is 5.56 Å². The monoisotopic (exact) mass is 328 g/mol. The average Bonchev–Trinajstić information content (AvgIpc) is 2.49. The lowest BCUT2D eigenvalue weighted by molar-refractivity contribution is 0.0972. The van der Waals surface area contributed by atoms with Crippen molar-refractivity contribution in [1.82, 2.24) is 0 Å². The minimum absolute atomic E-state index is 0.232. The highest BCUT2D eigenvalue weighted by atomic mass is 31.2. The van der Waals surface area contributed by atoms with Gasteiger partial charge in [0.2, 0.25) is 0 Å². The Labute approximate surface area is 132 Å². The van der Waals surface area contributed by atoms with Crippen LogP contribution < -0.4 is 4.74 Å². The van der Waals surface area contributed by atoms with Crippen molar-refractivity contribution in [3.05, 3.63) is 28.8 Å². The molecule has 1 aromatic carbocycles. The minimum Gasteiger partial charge on any atom is -0.496 e. The first-order chi connectivity index (χ1) is 10.3. The Morgan fingerprint density at radius 2 is 1.68 bits per heavy atom. The zero-order chi connectivity index (χ0) is 16.9. The molecule has 0 amide bonds. The highest BCUT2D eigenvalue weighted by Gasteiger charge is 2.38. The van der Waals surface area contributed by atoms with Crippen LogP contribution in [-0.2, 0) is 13.6 Å². The van der Waals surface area contributed by atoms with Crippen LogP contribution in [0, 0.1) is 13.8 Å². The highest BCUT2D eigenvalue weighted by Crippen LogP contribution is 2.53. The highest BCUT2D eigenvalue weighted by molar-refractivity contribution is 7.55. The number of methoxy groups -OCH3 is 1. The van der Waals surface area contributed by atoms with E-state index in [9.17, 15) is 9.36 Å². The number of benzene rings is 1. The van der Waals surface area contributed by atoms with Gasteiger partial charge in [-0.1, -0.05) is 0 Å². The molecule has 22 heavy (non-hydrogen) atoms. The van der Waals surface area contributed by atoms with E-state index in [1.807, 2.05) is 13.8 Å². The Morgan fingerprint density at radius 3 is 2.14 bits per heavy atom. The van der Waals surface area contributed by atoms with Gasteiger partial charge in [-0.25, -0.2) is 0 Å². The third-order valence-corrected chi connectivity index (χ3v) is 6.11. The molecular weight excluding hydrogens is 303 g/mol. The molecule has 0 saturated heterocycles. The van der Waals surface area contributed by atoms with E-state index in [0.29, 0.717) is 5.56 Å². The molecule has 0 aliphatic carbocycles. The van der Waals surface area contributed by atoms with Gasteiger partial charge in [-0.3, -0.25) is 9.36 Å². The first kappa shape index (κ1) is 18.9. The molecule has 0 heterocycles.